The first-order chi connectivity index (χ1) is 13.7. The summed E-state index contributed by atoms with van der Waals surface area (Å²) in [7, 11) is 0. The van der Waals surface area contributed by atoms with Crippen LogP contribution in [0.15, 0.2) is 78.9 Å². The molecule has 5 heteroatoms. The summed E-state index contributed by atoms with van der Waals surface area (Å²) >= 11 is 0. The van der Waals surface area contributed by atoms with Crippen molar-refractivity contribution >= 4 is 16.6 Å². The molecule has 1 aliphatic rings. The van der Waals surface area contributed by atoms with Crippen LogP contribution in [0.4, 0.5) is 5.69 Å². The zero-order valence-electron chi connectivity index (χ0n) is 15.1. The van der Waals surface area contributed by atoms with Crippen LogP contribution in [0.2, 0.25) is 0 Å². The number of aromatic nitrogens is 1. The van der Waals surface area contributed by atoms with Gasteiger partial charge >= 0.3 is 0 Å². The average molecular weight is 369 g/mol. The molecule has 0 radical (unpaired) electrons. The second-order valence-electron chi connectivity index (χ2n) is 7.18. The van der Waals surface area contributed by atoms with Crippen molar-refractivity contribution in [3.05, 3.63) is 111 Å². The number of non-ortho nitro benzene ring substituents is 1. The van der Waals surface area contributed by atoms with Gasteiger partial charge in [-0.05, 0) is 29.2 Å². The summed E-state index contributed by atoms with van der Waals surface area (Å²) in [5.41, 5.74) is 5.93. The number of nitrogens with zero attached hydrogens (tertiary/aromatic N) is 1. The molecule has 0 bridgehead atoms. The van der Waals surface area contributed by atoms with E-state index in [0.29, 0.717) is 0 Å². The molecular formula is C23H19N3O2. The van der Waals surface area contributed by atoms with Gasteiger partial charge in [0.1, 0.15) is 0 Å². The monoisotopic (exact) mass is 369 g/mol. The molecule has 4 aromatic rings. The minimum atomic E-state index is -0.362. The highest BCUT2D eigenvalue weighted by Gasteiger charge is 2.31. The third kappa shape index (κ3) is 2.77. The smallest absolute Gasteiger partial charge is 0.269 e. The quantitative estimate of drug-likeness (QED) is 0.392. The van der Waals surface area contributed by atoms with Gasteiger partial charge in [-0.15, -0.1) is 0 Å². The van der Waals surface area contributed by atoms with Crippen LogP contribution in [0.25, 0.3) is 10.9 Å². The minimum Gasteiger partial charge on any atom is -0.357 e. The summed E-state index contributed by atoms with van der Waals surface area (Å²) in [6, 6.07) is 25.7. The Morgan fingerprint density at radius 3 is 2.32 bits per heavy atom. The molecule has 0 amide bonds. The molecule has 2 atom stereocenters. The molecule has 0 spiro atoms. The van der Waals surface area contributed by atoms with E-state index in [9.17, 15) is 10.1 Å². The maximum atomic E-state index is 11.0. The molecule has 5 nitrogen and oxygen atoms in total. The fourth-order valence-corrected chi connectivity index (χ4v) is 4.19. The highest BCUT2D eigenvalue weighted by molar-refractivity contribution is 5.85. The maximum absolute atomic E-state index is 11.0. The van der Waals surface area contributed by atoms with E-state index in [1.807, 2.05) is 24.3 Å². The SMILES string of the molecule is O=[N+]([O-])c1ccc([C@H]2N[C@H](c3ccccc3)Cc3c2[nH]c2ccccc32)cc1. The van der Waals surface area contributed by atoms with E-state index < -0.39 is 0 Å². The fraction of sp³-hybridized carbons (Fsp3) is 0.130. The van der Waals surface area contributed by atoms with Crippen LogP contribution in [-0.4, -0.2) is 9.91 Å². The molecule has 1 aliphatic heterocycles. The maximum Gasteiger partial charge on any atom is 0.269 e. The molecule has 3 aromatic carbocycles. The van der Waals surface area contributed by atoms with Gasteiger partial charge in [0.2, 0.25) is 0 Å². The summed E-state index contributed by atoms with van der Waals surface area (Å²) in [5.74, 6) is 0. The molecule has 0 aliphatic carbocycles. The molecule has 138 valence electrons. The van der Waals surface area contributed by atoms with Crippen molar-refractivity contribution < 1.29 is 4.92 Å². The first kappa shape index (κ1) is 16.7. The fourth-order valence-electron chi connectivity index (χ4n) is 4.19. The number of aromatic amines is 1. The largest absolute Gasteiger partial charge is 0.357 e. The zero-order chi connectivity index (χ0) is 19.1. The van der Waals surface area contributed by atoms with E-state index in [4.69, 9.17) is 0 Å². The van der Waals surface area contributed by atoms with Crippen molar-refractivity contribution in [1.29, 1.82) is 0 Å². The summed E-state index contributed by atoms with van der Waals surface area (Å²) in [4.78, 5) is 14.2. The van der Waals surface area contributed by atoms with Crippen molar-refractivity contribution in [1.82, 2.24) is 10.3 Å². The number of H-pyrrole nitrogens is 1. The van der Waals surface area contributed by atoms with E-state index in [-0.39, 0.29) is 22.7 Å². The minimum absolute atomic E-state index is 0.0536. The molecule has 28 heavy (non-hydrogen) atoms. The summed E-state index contributed by atoms with van der Waals surface area (Å²) in [6.07, 6.45) is 0.896. The van der Waals surface area contributed by atoms with Crippen molar-refractivity contribution in [3.63, 3.8) is 0 Å². The van der Waals surface area contributed by atoms with E-state index in [2.05, 4.69) is 52.8 Å². The van der Waals surface area contributed by atoms with Crippen molar-refractivity contribution in [3.8, 4) is 0 Å². The third-order valence-corrected chi connectivity index (χ3v) is 5.55. The van der Waals surface area contributed by atoms with Crippen LogP contribution in [0, 0.1) is 10.1 Å². The predicted octanol–water partition coefficient (Wildman–Crippen LogP) is 5.05. The van der Waals surface area contributed by atoms with Crippen molar-refractivity contribution in [2.45, 2.75) is 18.5 Å². The highest BCUT2D eigenvalue weighted by Crippen LogP contribution is 2.39. The molecule has 0 unspecified atom stereocenters. The molecule has 2 heterocycles. The van der Waals surface area contributed by atoms with Gasteiger partial charge in [-0.25, -0.2) is 0 Å². The first-order valence-corrected chi connectivity index (χ1v) is 9.35. The molecule has 0 saturated carbocycles. The molecule has 0 fully saturated rings. The van der Waals surface area contributed by atoms with Crippen LogP contribution < -0.4 is 5.32 Å². The summed E-state index contributed by atoms with van der Waals surface area (Å²) in [5, 5.41) is 16.0. The number of hydrogen-bond donors (Lipinski definition) is 2. The van der Waals surface area contributed by atoms with Gasteiger partial charge in [0.25, 0.3) is 5.69 Å². The lowest BCUT2D eigenvalue weighted by molar-refractivity contribution is -0.384. The Balaban J connectivity index is 1.64. The van der Waals surface area contributed by atoms with Gasteiger partial charge in [-0.1, -0.05) is 60.7 Å². The van der Waals surface area contributed by atoms with Crippen molar-refractivity contribution in [2.75, 3.05) is 0 Å². The van der Waals surface area contributed by atoms with Crippen LogP contribution >= 0.6 is 0 Å². The van der Waals surface area contributed by atoms with E-state index in [1.165, 1.54) is 16.5 Å². The molecule has 5 rings (SSSR count). The van der Waals surface area contributed by atoms with Crippen LogP contribution in [0.3, 0.4) is 0 Å². The number of nitrogens with one attached hydrogen (secondary N) is 2. The lowest BCUT2D eigenvalue weighted by Crippen LogP contribution is -2.34. The summed E-state index contributed by atoms with van der Waals surface area (Å²) < 4.78 is 0. The normalized spacial score (nSPS) is 18.7. The lowest BCUT2D eigenvalue weighted by Gasteiger charge is -2.32. The Morgan fingerprint density at radius 2 is 1.57 bits per heavy atom. The number of nitro groups is 1. The second kappa shape index (κ2) is 6.62. The molecule has 0 saturated heterocycles. The van der Waals surface area contributed by atoms with E-state index in [0.717, 1.165) is 23.2 Å². The van der Waals surface area contributed by atoms with E-state index >= 15 is 0 Å². The van der Waals surface area contributed by atoms with Gasteiger partial charge < -0.3 is 4.98 Å². The Labute approximate surface area is 162 Å². The zero-order valence-corrected chi connectivity index (χ0v) is 15.1. The molecule has 2 N–H and O–H groups in total. The van der Waals surface area contributed by atoms with Gasteiger partial charge in [0.05, 0.1) is 11.0 Å². The summed E-state index contributed by atoms with van der Waals surface area (Å²) in [6.45, 7) is 0. The topological polar surface area (TPSA) is 71.0 Å². The first-order valence-electron chi connectivity index (χ1n) is 9.35. The Morgan fingerprint density at radius 1 is 0.857 bits per heavy atom. The molecular weight excluding hydrogens is 350 g/mol. The van der Waals surface area contributed by atoms with E-state index in [1.54, 1.807) is 12.1 Å². The Kier molecular flexibility index (Phi) is 3.95. The van der Waals surface area contributed by atoms with Gasteiger partial charge in [-0.2, -0.15) is 0 Å². The van der Waals surface area contributed by atoms with Crippen LogP contribution in [-0.2, 0) is 6.42 Å². The number of fused-ring (bicyclic) bond motifs is 3. The Hall–Kier alpha value is -3.44. The number of hydrogen-bond acceptors (Lipinski definition) is 3. The van der Waals surface area contributed by atoms with Gasteiger partial charge in [-0.3, -0.25) is 15.4 Å². The highest BCUT2D eigenvalue weighted by atomic mass is 16.6. The van der Waals surface area contributed by atoms with Crippen LogP contribution in [0.1, 0.15) is 34.5 Å². The number of benzene rings is 3. The van der Waals surface area contributed by atoms with Crippen LogP contribution in [0.5, 0.6) is 0 Å². The predicted molar refractivity (Wildman–Crippen MR) is 109 cm³/mol. The van der Waals surface area contributed by atoms with Gasteiger partial charge in [0.15, 0.2) is 0 Å². The third-order valence-electron chi connectivity index (χ3n) is 5.55. The second-order valence-corrected chi connectivity index (χ2v) is 7.18. The standard InChI is InChI=1S/C23H19N3O2/c27-26(28)17-12-10-16(11-13-17)22-23-19(18-8-4-5-9-20(18)24-23)14-21(25-22)15-6-2-1-3-7-15/h1-13,21-22,24-25H,14H2/t21-,22+/m0/s1. The lowest BCUT2D eigenvalue weighted by atomic mass is 9.87. The number of nitro benzene ring substituents is 1. The number of rotatable bonds is 3. The number of para-hydroxylation sites is 1. The Bertz CT molecular complexity index is 1150. The van der Waals surface area contributed by atoms with Gasteiger partial charge in [0, 0.05) is 34.8 Å². The average Bonchev–Trinajstić information content (AvgIpc) is 3.12. The van der Waals surface area contributed by atoms with Crippen molar-refractivity contribution in [2.24, 2.45) is 0 Å². The molecule has 1 aromatic heterocycles.